The van der Waals surface area contributed by atoms with Crippen LogP contribution in [0.2, 0.25) is 0 Å². The quantitative estimate of drug-likeness (QED) is 0.659. The van der Waals surface area contributed by atoms with Gasteiger partial charge in [-0.1, -0.05) is 12.1 Å². The number of halogens is 1. The smallest absolute Gasteiger partial charge is 0.264 e. The first-order chi connectivity index (χ1) is 13.1. The Bertz CT molecular complexity index is 1020. The lowest BCUT2D eigenvalue weighted by Crippen LogP contribution is -2.26. The molecule has 0 N–H and O–H groups in total. The molecule has 5 nitrogen and oxygen atoms in total. The third kappa shape index (κ3) is 3.24. The monoisotopic (exact) mass is 387 g/mol. The van der Waals surface area contributed by atoms with Crippen LogP contribution in [0.5, 0.6) is 11.5 Å². The maximum atomic E-state index is 14.3. The fourth-order valence-electron chi connectivity index (χ4n) is 3.18. The average molecular weight is 387 g/mol. The number of fused-ring (bicyclic) bond motifs is 2. The molecule has 27 heavy (non-hydrogen) atoms. The van der Waals surface area contributed by atoms with E-state index in [9.17, 15) is 9.18 Å². The van der Waals surface area contributed by atoms with E-state index in [1.165, 1.54) is 24.5 Å². The van der Waals surface area contributed by atoms with Gasteiger partial charge in [-0.2, -0.15) is 0 Å². The lowest BCUT2D eigenvalue weighted by atomic mass is 10.1. The number of carbonyl (C=O) groups excluding carboxylic acids is 1. The summed E-state index contributed by atoms with van der Waals surface area (Å²) in [7, 11) is 3.26. The molecule has 0 saturated carbocycles. The van der Waals surface area contributed by atoms with Crippen molar-refractivity contribution in [3.8, 4) is 11.5 Å². The van der Waals surface area contributed by atoms with Crippen LogP contribution in [0, 0.1) is 5.82 Å². The van der Waals surface area contributed by atoms with Gasteiger partial charge in [0.1, 0.15) is 5.82 Å². The summed E-state index contributed by atoms with van der Waals surface area (Å²) in [5.41, 5.74) is 1.52. The second-order valence-electron chi connectivity index (χ2n) is 6.30. The molecule has 2 aromatic carbocycles. The number of carbonyl (C=O) groups is 1. The van der Waals surface area contributed by atoms with Crippen molar-refractivity contribution >= 4 is 27.3 Å². The second-order valence-corrected chi connectivity index (χ2v) is 7.36. The predicted molar refractivity (Wildman–Crippen MR) is 101 cm³/mol. The van der Waals surface area contributed by atoms with Gasteiger partial charge in [-0.15, -0.1) is 11.3 Å². The second kappa shape index (κ2) is 7.17. The summed E-state index contributed by atoms with van der Waals surface area (Å²) in [5.74, 6) is 0.876. The van der Waals surface area contributed by atoms with E-state index >= 15 is 0 Å². The zero-order chi connectivity index (χ0) is 19.0. The maximum absolute atomic E-state index is 14.3. The van der Waals surface area contributed by atoms with Gasteiger partial charge >= 0.3 is 0 Å². The summed E-state index contributed by atoms with van der Waals surface area (Å²) in [6.45, 7) is 0.791. The fourth-order valence-corrected chi connectivity index (χ4v) is 4.40. The van der Waals surface area contributed by atoms with E-state index in [2.05, 4.69) is 0 Å². The minimum atomic E-state index is -0.340. The standard InChI is InChI=1S/C20H18FNO4S/c1-22(9-12-6-7-15-16(8-12)26-11-25-15)20(23)19-13(10-24-2)18-14(21)4-3-5-17(18)27-19/h3-8H,9-11H2,1-2H3. The Morgan fingerprint density at radius 1 is 1.26 bits per heavy atom. The maximum Gasteiger partial charge on any atom is 0.264 e. The van der Waals surface area contributed by atoms with Gasteiger partial charge in [0.2, 0.25) is 6.79 Å². The van der Waals surface area contributed by atoms with Crippen LogP contribution < -0.4 is 9.47 Å². The third-order valence-electron chi connectivity index (χ3n) is 4.45. The van der Waals surface area contributed by atoms with Crippen LogP contribution in [0.25, 0.3) is 10.1 Å². The Morgan fingerprint density at radius 2 is 2.07 bits per heavy atom. The molecule has 0 radical (unpaired) electrons. The zero-order valence-electron chi connectivity index (χ0n) is 15.0. The van der Waals surface area contributed by atoms with E-state index < -0.39 is 0 Å². The molecule has 1 aromatic heterocycles. The van der Waals surface area contributed by atoms with Crippen molar-refractivity contribution in [3.05, 3.63) is 58.2 Å². The number of nitrogens with zero attached hydrogens (tertiary/aromatic N) is 1. The van der Waals surface area contributed by atoms with E-state index in [1.807, 2.05) is 24.3 Å². The largest absolute Gasteiger partial charge is 0.454 e. The van der Waals surface area contributed by atoms with Crippen molar-refractivity contribution < 1.29 is 23.4 Å². The Hall–Kier alpha value is -2.64. The molecule has 0 saturated heterocycles. The highest BCUT2D eigenvalue weighted by molar-refractivity contribution is 7.21. The number of ether oxygens (including phenoxy) is 3. The van der Waals surface area contributed by atoms with E-state index in [-0.39, 0.29) is 25.1 Å². The molecule has 0 aliphatic carbocycles. The van der Waals surface area contributed by atoms with Gasteiger partial charge < -0.3 is 19.1 Å². The number of thiophene rings is 1. The Balaban J connectivity index is 1.63. The normalized spacial score (nSPS) is 12.6. The SMILES string of the molecule is COCc1c(C(=O)N(C)Cc2ccc3c(c2)OCO3)sc2cccc(F)c12. The van der Waals surface area contributed by atoms with Crippen molar-refractivity contribution in [2.75, 3.05) is 21.0 Å². The van der Waals surface area contributed by atoms with Gasteiger partial charge in [0, 0.05) is 36.4 Å². The van der Waals surface area contributed by atoms with Crippen molar-refractivity contribution in [2.45, 2.75) is 13.2 Å². The van der Waals surface area contributed by atoms with Gasteiger partial charge in [0.25, 0.3) is 5.91 Å². The minimum absolute atomic E-state index is 0.166. The van der Waals surface area contributed by atoms with E-state index in [4.69, 9.17) is 14.2 Å². The summed E-state index contributed by atoms with van der Waals surface area (Å²) in [6, 6.07) is 10.5. The van der Waals surface area contributed by atoms with Gasteiger partial charge in [-0.25, -0.2) is 4.39 Å². The van der Waals surface area contributed by atoms with E-state index in [0.717, 1.165) is 10.3 Å². The molecular weight excluding hydrogens is 369 g/mol. The Kier molecular flexibility index (Phi) is 4.72. The molecule has 0 bridgehead atoms. The van der Waals surface area contributed by atoms with Gasteiger partial charge in [-0.3, -0.25) is 4.79 Å². The molecule has 7 heteroatoms. The molecule has 4 rings (SSSR count). The molecule has 3 aromatic rings. The number of amides is 1. The van der Waals surface area contributed by atoms with Crippen LogP contribution >= 0.6 is 11.3 Å². The molecule has 0 spiro atoms. The number of hydrogen-bond donors (Lipinski definition) is 0. The number of hydrogen-bond acceptors (Lipinski definition) is 5. The van der Waals surface area contributed by atoms with Crippen LogP contribution in [0.1, 0.15) is 20.8 Å². The lowest BCUT2D eigenvalue weighted by molar-refractivity contribution is 0.0785. The molecule has 0 unspecified atom stereocenters. The summed E-state index contributed by atoms with van der Waals surface area (Å²) < 4.78 is 31.0. The average Bonchev–Trinajstić information content (AvgIpc) is 3.26. The van der Waals surface area contributed by atoms with Crippen LogP contribution in [0.4, 0.5) is 4.39 Å². The van der Waals surface area contributed by atoms with Crippen LogP contribution in [-0.2, 0) is 17.9 Å². The minimum Gasteiger partial charge on any atom is -0.454 e. The number of rotatable bonds is 5. The Morgan fingerprint density at radius 3 is 2.89 bits per heavy atom. The highest BCUT2D eigenvalue weighted by Gasteiger charge is 2.23. The highest BCUT2D eigenvalue weighted by Crippen LogP contribution is 2.35. The Labute approximate surface area is 159 Å². The van der Waals surface area contributed by atoms with Crippen molar-refractivity contribution in [1.82, 2.24) is 4.90 Å². The topological polar surface area (TPSA) is 48.0 Å². The fraction of sp³-hybridized carbons (Fsp3) is 0.250. The highest BCUT2D eigenvalue weighted by atomic mass is 32.1. The van der Waals surface area contributed by atoms with Crippen molar-refractivity contribution in [2.24, 2.45) is 0 Å². The molecule has 0 fully saturated rings. The van der Waals surface area contributed by atoms with E-state index in [0.29, 0.717) is 33.9 Å². The molecular formula is C20H18FNO4S. The van der Waals surface area contributed by atoms with Crippen molar-refractivity contribution in [1.29, 1.82) is 0 Å². The summed E-state index contributed by atoms with van der Waals surface area (Å²) in [6.07, 6.45) is 0. The van der Waals surface area contributed by atoms with Crippen LogP contribution in [0.15, 0.2) is 36.4 Å². The van der Waals surface area contributed by atoms with Gasteiger partial charge in [0.05, 0.1) is 11.5 Å². The first-order valence-corrected chi connectivity index (χ1v) is 9.23. The number of benzene rings is 2. The van der Waals surface area contributed by atoms with Crippen molar-refractivity contribution in [3.63, 3.8) is 0 Å². The first kappa shape index (κ1) is 17.8. The molecule has 0 atom stereocenters. The first-order valence-electron chi connectivity index (χ1n) is 8.41. The third-order valence-corrected chi connectivity index (χ3v) is 5.63. The molecule has 1 aliphatic heterocycles. The molecule has 1 aliphatic rings. The summed E-state index contributed by atoms with van der Waals surface area (Å²) in [4.78, 5) is 15.2. The van der Waals surface area contributed by atoms with Crippen LogP contribution in [0.3, 0.4) is 0 Å². The van der Waals surface area contributed by atoms with Gasteiger partial charge in [-0.05, 0) is 29.8 Å². The zero-order valence-corrected chi connectivity index (χ0v) is 15.8. The summed E-state index contributed by atoms with van der Waals surface area (Å²) >= 11 is 1.29. The lowest BCUT2D eigenvalue weighted by Gasteiger charge is -2.17. The predicted octanol–water partition coefficient (Wildman–Crippen LogP) is 4.19. The van der Waals surface area contributed by atoms with E-state index in [1.54, 1.807) is 18.0 Å². The number of methoxy groups -OCH3 is 1. The summed E-state index contributed by atoms with van der Waals surface area (Å²) in [5, 5.41) is 0.462. The van der Waals surface area contributed by atoms with Gasteiger partial charge in [0.15, 0.2) is 11.5 Å². The molecule has 2 heterocycles. The van der Waals surface area contributed by atoms with Crippen LogP contribution in [-0.4, -0.2) is 31.8 Å². The molecule has 140 valence electrons. The molecule has 1 amide bonds.